The lowest BCUT2D eigenvalue weighted by atomic mass is 10.2. The van der Waals surface area contributed by atoms with Crippen molar-refractivity contribution in [2.24, 2.45) is 0 Å². The minimum Gasteiger partial charge on any atom is -0.476 e. The Morgan fingerprint density at radius 3 is 0.935 bits per heavy atom. The fourth-order valence-corrected chi connectivity index (χ4v) is 2.94. The Morgan fingerprint density at radius 2 is 0.674 bits per heavy atom. The predicted octanol–water partition coefficient (Wildman–Crippen LogP) is -0.221. The van der Waals surface area contributed by atoms with Gasteiger partial charge in [-0.25, -0.2) is 4.79 Å². The number of carbonyl (C=O) groups is 3. The molecule has 0 unspecified atom stereocenters. The third-order valence-corrected chi connectivity index (χ3v) is 5.19. The van der Waals surface area contributed by atoms with E-state index >= 15 is 0 Å². The highest BCUT2D eigenvalue weighted by Gasteiger charge is 2.14. The maximum atomic E-state index is 11.4. The number of terminal acetylenes is 1. The number of carboxylic acids is 1. The van der Waals surface area contributed by atoms with Gasteiger partial charge in [0.2, 0.25) is 5.78 Å². The molecule has 16 nitrogen and oxygen atoms in total. The Bertz CT molecular complexity index is 745. The smallest absolute Gasteiger partial charge is 0.372 e. The van der Waals surface area contributed by atoms with Gasteiger partial charge in [-0.15, -0.1) is 6.42 Å². The van der Waals surface area contributed by atoms with Crippen LogP contribution in [0.3, 0.4) is 0 Å². The summed E-state index contributed by atoms with van der Waals surface area (Å²) in [5.41, 5.74) is 0. The molecular weight excluding hydrogens is 616 g/mol. The van der Waals surface area contributed by atoms with Crippen LogP contribution in [0.4, 0.5) is 0 Å². The molecule has 0 aromatic rings. The number of hydrogen-bond donors (Lipinski definition) is 1. The Balaban J connectivity index is 3.12. The van der Waals surface area contributed by atoms with Crippen LogP contribution in [-0.4, -0.2) is 175 Å². The maximum Gasteiger partial charge on any atom is 0.372 e. The lowest BCUT2D eigenvalue weighted by Gasteiger charge is -2.09. The molecule has 0 radical (unpaired) electrons. The van der Waals surface area contributed by atoms with Crippen LogP contribution in [0.5, 0.6) is 0 Å². The molecule has 0 rings (SSSR count). The molecule has 0 heterocycles. The summed E-state index contributed by atoms with van der Waals surface area (Å²) in [7, 11) is 0. The first-order valence-corrected chi connectivity index (χ1v) is 15.3. The van der Waals surface area contributed by atoms with E-state index < -0.39 is 17.7 Å². The average Bonchev–Trinajstić information content (AvgIpc) is 3.05. The zero-order valence-corrected chi connectivity index (χ0v) is 26.8. The molecule has 0 saturated carbocycles. The van der Waals surface area contributed by atoms with Gasteiger partial charge in [0.25, 0.3) is 0 Å². The number of hydrogen-bond acceptors (Lipinski definition) is 15. The Labute approximate surface area is 271 Å². The quantitative estimate of drug-likeness (QED) is 0.0394. The van der Waals surface area contributed by atoms with Crippen molar-refractivity contribution in [3.05, 3.63) is 0 Å². The van der Waals surface area contributed by atoms with Gasteiger partial charge in [0.1, 0.15) is 13.2 Å². The molecule has 1 N–H and O–H groups in total. The molecule has 0 aromatic heterocycles. The van der Waals surface area contributed by atoms with E-state index in [0.717, 1.165) is 0 Å². The molecule has 0 aromatic carbocycles. The lowest BCUT2D eigenvalue weighted by Crippen LogP contribution is -2.17. The zero-order chi connectivity index (χ0) is 33.6. The van der Waals surface area contributed by atoms with Crippen molar-refractivity contribution >= 4 is 17.7 Å². The predicted molar refractivity (Wildman–Crippen MR) is 161 cm³/mol. The second-order valence-electron chi connectivity index (χ2n) is 8.83. The molecule has 268 valence electrons. The molecule has 0 aliphatic rings. The molecule has 0 spiro atoms. The maximum absolute atomic E-state index is 11.4. The Hall–Kier alpha value is -2.27. The Kier molecular flexibility index (Phi) is 35.4. The number of Topliss-reactive ketones (excluding diaryl/α,β-unsaturated/α-hetero) is 1. The fraction of sp³-hybridized carbons (Fsp3) is 0.833. The number of carboxylic acid groups (broad SMARTS) is 1. The molecular formula is C30H52O16. The first-order chi connectivity index (χ1) is 22.6. The van der Waals surface area contributed by atoms with Crippen LogP contribution in [0.25, 0.3) is 0 Å². The third-order valence-electron chi connectivity index (χ3n) is 5.19. The minimum atomic E-state index is -1.56. The van der Waals surface area contributed by atoms with Crippen LogP contribution in [-0.2, 0) is 71.2 Å². The van der Waals surface area contributed by atoms with Crippen molar-refractivity contribution in [1.82, 2.24) is 0 Å². The summed E-state index contributed by atoms with van der Waals surface area (Å²) in [5, 5.41) is 8.44. The summed E-state index contributed by atoms with van der Waals surface area (Å²) in [5.74, 6) is -0.854. The first-order valence-electron chi connectivity index (χ1n) is 15.3. The zero-order valence-electron chi connectivity index (χ0n) is 26.8. The summed E-state index contributed by atoms with van der Waals surface area (Å²) in [6, 6.07) is 0. The fourth-order valence-electron chi connectivity index (χ4n) is 2.94. The van der Waals surface area contributed by atoms with Gasteiger partial charge in [-0.1, -0.05) is 5.92 Å². The van der Waals surface area contributed by atoms with Crippen molar-refractivity contribution in [1.29, 1.82) is 0 Å². The minimum absolute atomic E-state index is 0.0122. The molecule has 0 aliphatic heterocycles. The van der Waals surface area contributed by atoms with E-state index in [1.807, 2.05) is 0 Å². The van der Waals surface area contributed by atoms with Gasteiger partial charge in [0.05, 0.1) is 145 Å². The SMILES string of the molecule is C#CCOCCOCCOCCOCCOCCOCCOCCOCCOCCOCCOCCOC(=O)CCC(=O)C(=O)O. The lowest BCUT2D eigenvalue weighted by molar-refractivity contribution is -0.151. The summed E-state index contributed by atoms with van der Waals surface area (Å²) in [4.78, 5) is 32.6. The number of rotatable bonds is 38. The highest BCUT2D eigenvalue weighted by Crippen LogP contribution is 1.95. The monoisotopic (exact) mass is 668 g/mol. The van der Waals surface area contributed by atoms with E-state index in [2.05, 4.69) is 5.92 Å². The largest absolute Gasteiger partial charge is 0.476 e. The van der Waals surface area contributed by atoms with Crippen molar-refractivity contribution < 1.29 is 76.3 Å². The Morgan fingerprint density at radius 1 is 0.413 bits per heavy atom. The molecule has 0 amide bonds. The van der Waals surface area contributed by atoms with Crippen molar-refractivity contribution in [2.75, 3.05) is 152 Å². The molecule has 16 heteroatoms. The van der Waals surface area contributed by atoms with E-state index in [1.54, 1.807) is 0 Å². The van der Waals surface area contributed by atoms with Crippen molar-refractivity contribution in [3.8, 4) is 12.3 Å². The molecule has 46 heavy (non-hydrogen) atoms. The van der Waals surface area contributed by atoms with Crippen LogP contribution >= 0.6 is 0 Å². The summed E-state index contributed by atoms with van der Waals surface area (Å²) in [6.45, 7) is 9.58. The molecule has 0 saturated heterocycles. The van der Waals surface area contributed by atoms with Crippen LogP contribution in [0.2, 0.25) is 0 Å². The van der Waals surface area contributed by atoms with Crippen LogP contribution in [0.1, 0.15) is 12.8 Å². The first kappa shape index (κ1) is 43.7. The van der Waals surface area contributed by atoms with E-state index in [1.165, 1.54) is 0 Å². The summed E-state index contributed by atoms with van der Waals surface area (Å²) < 4.78 is 63.8. The van der Waals surface area contributed by atoms with Crippen LogP contribution in [0.15, 0.2) is 0 Å². The standard InChI is InChI=1S/C30H52O16/c1-2-5-35-6-7-36-8-9-37-10-11-38-12-13-39-14-15-40-16-17-41-18-19-42-20-21-43-22-23-44-24-25-45-26-27-46-29(32)4-3-28(31)30(33)34/h1H,3-27H2,(H,33,34). The highest BCUT2D eigenvalue weighted by molar-refractivity contribution is 6.32. The molecule has 0 fully saturated rings. The van der Waals surface area contributed by atoms with Crippen molar-refractivity contribution in [3.63, 3.8) is 0 Å². The topological polar surface area (TPSA) is 182 Å². The van der Waals surface area contributed by atoms with Crippen molar-refractivity contribution in [2.45, 2.75) is 12.8 Å². The van der Waals surface area contributed by atoms with E-state index in [-0.39, 0.29) is 26.1 Å². The molecule has 0 atom stereocenters. The normalized spacial score (nSPS) is 11.0. The molecule has 0 aliphatic carbocycles. The van der Waals surface area contributed by atoms with Crippen LogP contribution in [0, 0.1) is 12.3 Å². The second kappa shape index (κ2) is 37.2. The van der Waals surface area contributed by atoms with Gasteiger partial charge in [0.15, 0.2) is 0 Å². The summed E-state index contributed by atoms with van der Waals surface area (Å²) in [6.07, 6.45) is 4.41. The van der Waals surface area contributed by atoms with E-state index in [9.17, 15) is 14.4 Å². The van der Waals surface area contributed by atoms with E-state index in [4.69, 9.17) is 68.4 Å². The second-order valence-corrected chi connectivity index (χ2v) is 8.83. The van der Waals surface area contributed by atoms with E-state index in [0.29, 0.717) is 139 Å². The number of aliphatic carboxylic acids is 1. The van der Waals surface area contributed by atoms with Gasteiger partial charge in [-0.2, -0.15) is 0 Å². The van der Waals surface area contributed by atoms with Crippen LogP contribution < -0.4 is 0 Å². The number of ether oxygens (including phenoxy) is 12. The van der Waals surface area contributed by atoms with Gasteiger partial charge < -0.3 is 61.9 Å². The summed E-state index contributed by atoms with van der Waals surface area (Å²) >= 11 is 0. The average molecular weight is 669 g/mol. The number of ketones is 1. The van der Waals surface area contributed by atoms with Gasteiger partial charge in [0, 0.05) is 6.42 Å². The highest BCUT2D eigenvalue weighted by atomic mass is 16.6. The van der Waals surface area contributed by atoms with Gasteiger partial charge in [-0.3, -0.25) is 9.59 Å². The van der Waals surface area contributed by atoms with Gasteiger partial charge >= 0.3 is 11.9 Å². The number of carbonyl (C=O) groups excluding carboxylic acids is 2. The molecule has 0 bridgehead atoms. The number of esters is 1. The van der Waals surface area contributed by atoms with Gasteiger partial charge in [-0.05, 0) is 0 Å². The third kappa shape index (κ3) is 36.2.